The number of nitrogens with zero attached hydrogens (tertiary/aromatic N) is 1. The molecule has 0 aliphatic carbocycles. The summed E-state index contributed by atoms with van der Waals surface area (Å²) in [5.74, 6) is -1.10. The number of nitrogens with one attached hydrogen (secondary N) is 1. The van der Waals surface area contributed by atoms with E-state index in [1.165, 1.54) is 17.7 Å². The van der Waals surface area contributed by atoms with Crippen LogP contribution in [0.3, 0.4) is 0 Å². The van der Waals surface area contributed by atoms with E-state index in [4.69, 9.17) is 15.3 Å². The van der Waals surface area contributed by atoms with Gasteiger partial charge < -0.3 is 15.1 Å². The average molecular weight is 340 g/mol. The Morgan fingerprint density at radius 1 is 1.24 bits per heavy atom. The molecule has 0 saturated carbocycles. The first-order valence-corrected chi connectivity index (χ1v) is 7.86. The maximum atomic E-state index is 13.5. The molecule has 0 aliphatic rings. The van der Waals surface area contributed by atoms with Crippen LogP contribution < -0.4 is 0 Å². The number of carboxylic acids is 1. The molecule has 0 amide bonds. The number of hydrogen-bond donors (Lipinski definition) is 2. The number of hydrogen-bond acceptors (Lipinski definition) is 2. The van der Waals surface area contributed by atoms with E-state index in [1.807, 2.05) is 49.0 Å². The van der Waals surface area contributed by atoms with E-state index in [0.29, 0.717) is 12.1 Å². The van der Waals surface area contributed by atoms with Gasteiger partial charge in [-0.1, -0.05) is 24.3 Å². The van der Waals surface area contributed by atoms with Crippen LogP contribution in [0, 0.1) is 18.2 Å². The molecule has 0 bridgehead atoms. The summed E-state index contributed by atoms with van der Waals surface area (Å²) < 4.78 is 15.4. The summed E-state index contributed by atoms with van der Waals surface area (Å²) in [6.07, 6.45) is 2.47. The van der Waals surface area contributed by atoms with Gasteiger partial charge in [0.25, 0.3) is 5.97 Å². The highest BCUT2D eigenvalue weighted by molar-refractivity contribution is 6.10. The largest absolute Gasteiger partial charge is 0.481 e. The Hall–Kier alpha value is -2.95. The van der Waals surface area contributed by atoms with Crippen molar-refractivity contribution in [2.24, 2.45) is 7.05 Å². The third-order valence-electron chi connectivity index (χ3n) is 3.91. The van der Waals surface area contributed by atoms with Crippen LogP contribution in [0.5, 0.6) is 0 Å². The smallest absolute Gasteiger partial charge is 0.300 e. The molecule has 2 N–H and O–H groups in total. The molecule has 0 fully saturated rings. The Kier molecular flexibility index (Phi) is 5.70. The molecule has 130 valence electrons. The van der Waals surface area contributed by atoms with Gasteiger partial charge in [-0.2, -0.15) is 0 Å². The van der Waals surface area contributed by atoms with Crippen LogP contribution in [0.2, 0.25) is 0 Å². The first kappa shape index (κ1) is 18.4. The number of aryl methyl sites for hydroxylation is 2. The highest BCUT2D eigenvalue weighted by atomic mass is 19.1. The summed E-state index contributed by atoms with van der Waals surface area (Å²) in [5.41, 5.74) is 4.57. The zero-order chi connectivity index (χ0) is 18.6. The number of halogens is 1. The van der Waals surface area contributed by atoms with E-state index in [0.717, 1.165) is 29.0 Å². The summed E-state index contributed by atoms with van der Waals surface area (Å²) in [5, 5.41) is 16.6. The normalized spacial score (nSPS) is 10.2. The van der Waals surface area contributed by atoms with Crippen molar-refractivity contribution in [1.82, 2.24) is 4.57 Å². The zero-order valence-electron chi connectivity index (χ0n) is 14.5. The molecule has 0 spiro atoms. The molecule has 0 radical (unpaired) electrons. The fraction of sp³-hybridized carbons (Fsp3) is 0.200. The molecule has 2 aromatic carbocycles. The number of carbonyl (C=O) groups is 1. The monoisotopic (exact) mass is 340 g/mol. The number of fused-ring (bicyclic) bond motifs is 1. The Morgan fingerprint density at radius 2 is 1.88 bits per heavy atom. The molecular weight excluding hydrogens is 319 g/mol. The topological polar surface area (TPSA) is 66.1 Å². The van der Waals surface area contributed by atoms with Gasteiger partial charge in [-0.05, 0) is 36.2 Å². The Balaban J connectivity index is 0.000000511. The standard InChI is InChI=1S/C18H17FN2.C2H4O2/c1-12-5-3-4-6-13(12)9-17(20)16-11-21(2)18-8-7-14(19)10-15(16)18;1-2(3)4/h3-8,10-11,20H,9H2,1-2H3;1H3,(H,3,4). The zero-order valence-corrected chi connectivity index (χ0v) is 14.5. The van der Waals surface area contributed by atoms with Gasteiger partial charge in [0.05, 0.1) is 0 Å². The second-order valence-corrected chi connectivity index (χ2v) is 5.92. The van der Waals surface area contributed by atoms with Gasteiger partial charge in [0.2, 0.25) is 0 Å². The molecule has 0 aliphatic heterocycles. The predicted octanol–water partition coefficient (Wildman–Crippen LogP) is 4.33. The SMILES string of the molecule is CC(=O)O.Cc1ccccc1CC(=N)c1cn(C)c2ccc(F)cc12. The summed E-state index contributed by atoms with van der Waals surface area (Å²) in [6, 6.07) is 12.8. The van der Waals surface area contributed by atoms with Gasteiger partial charge in [-0.3, -0.25) is 4.79 Å². The minimum atomic E-state index is -0.833. The molecule has 0 saturated heterocycles. The van der Waals surface area contributed by atoms with Gasteiger partial charge in [0.15, 0.2) is 0 Å². The van der Waals surface area contributed by atoms with E-state index in [9.17, 15) is 4.39 Å². The van der Waals surface area contributed by atoms with E-state index in [1.54, 1.807) is 6.07 Å². The molecule has 3 rings (SSSR count). The van der Waals surface area contributed by atoms with E-state index >= 15 is 0 Å². The molecule has 0 atom stereocenters. The molecule has 5 heteroatoms. The molecule has 1 aromatic heterocycles. The summed E-state index contributed by atoms with van der Waals surface area (Å²) in [4.78, 5) is 9.00. The van der Waals surface area contributed by atoms with Crippen LogP contribution in [0.1, 0.15) is 23.6 Å². The molecule has 0 unspecified atom stereocenters. The fourth-order valence-electron chi connectivity index (χ4n) is 2.70. The first-order valence-electron chi connectivity index (χ1n) is 7.86. The van der Waals surface area contributed by atoms with Crippen molar-refractivity contribution in [3.05, 3.63) is 71.2 Å². The molecular formula is C20H21FN2O2. The number of rotatable bonds is 3. The van der Waals surface area contributed by atoms with Crippen LogP contribution >= 0.6 is 0 Å². The van der Waals surface area contributed by atoms with Crippen molar-refractivity contribution in [2.75, 3.05) is 0 Å². The van der Waals surface area contributed by atoms with Crippen molar-refractivity contribution >= 4 is 22.6 Å². The van der Waals surface area contributed by atoms with E-state index < -0.39 is 5.97 Å². The van der Waals surface area contributed by atoms with Crippen molar-refractivity contribution in [1.29, 1.82) is 5.41 Å². The lowest BCUT2D eigenvalue weighted by atomic mass is 9.98. The van der Waals surface area contributed by atoms with Gasteiger partial charge in [-0.25, -0.2) is 4.39 Å². The summed E-state index contributed by atoms with van der Waals surface area (Å²) >= 11 is 0. The van der Waals surface area contributed by atoms with Gasteiger partial charge in [0, 0.05) is 48.8 Å². The summed E-state index contributed by atoms with van der Waals surface area (Å²) in [6.45, 7) is 3.13. The number of aliphatic carboxylic acids is 1. The Bertz CT molecular complexity index is 925. The molecule has 3 aromatic rings. The highest BCUT2D eigenvalue weighted by Crippen LogP contribution is 2.23. The highest BCUT2D eigenvalue weighted by Gasteiger charge is 2.13. The van der Waals surface area contributed by atoms with Crippen molar-refractivity contribution in [3.8, 4) is 0 Å². The lowest BCUT2D eigenvalue weighted by Crippen LogP contribution is -2.04. The van der Waals surface area contributed by atoms with Crippen LogP contribution in [0.15, 0.2) is 48.7 Å². The Morgan fingerprint density at radius 3 is 2.52 bits per heavy atom. The van der Waals surface area contributed by atoms with Crippen LogP contribution in [0.25, 0.3) is 10.9 Å². The number of aromatic nitrogens is 1. The van der Waals surface area contributed by atoms with Crippen LogP contribution in [0.4, 0.5) is 4.39 Å². The maximum Gasteiger partial charge on any atom is 0.300 e. The van der Waals surface area contributed by atoms with Crippen LogP contribution in [-0.2, 0) is 18.3 Å². The fourth-order valence-corrected chi connectivity index (χ4v) is 2.70. The van der Waals surface area contributed by atoms with E-state index in [-0.39, 0.29) is 5.82 Å². The second-order valence-electron chi connectivity index (χ2n) is 5.92. The minimum absolute atomic E-state index is 0.265. The maximum absolute atomic E-state index is 13.5. The van der Waals surface area contributed by atoms with Crippen LogP contribution in [-0.4, -0.2) is 21.4 Å². The number of benzene rings is 2. The lowest BCUT2D eigenvalue weighted by Gasteiger charge is -2.06. The summed E-state index contributed by atoms with van der Waals surface area (Å²) in [7, 11) is 1.92. The molecule has 25 heavy (non-hydrogen) atoms. The second kappa shape index (κ2) is 7.75. The van der Waals surface area contributed by atoms with Gasteiger partial charge in [-0.15, -0.1) is 0 Å². The Labute approximate surface area is 146 Å². The molecule has 1 heterocycles. The molecule has 4 nitrogen and oxygen atoms in total. The van der Waals surface area contributed by atoms with Crippen molar-refractivity contribution < 1.29 is 14.3 Å². The third-order valence-corrected chi connectivity index (χ3v) is 3.91. The van der Waals surface area contributed by atoms with Gasteiger partial charge in [0.1, 0.15) is 5.82 Å². The third kappa shape index (κ3) is 4.53. The van der Waals surface area contributed by atoms with Gasteiger partial charge >= 0.3 is 0 Å². The van der Waals surface area contributed by atoms with Crippen molar-refractivity contribution in [2.45, 2.75) is 20.3 Å². The lowest BCUT2D eigenvalue weighted by molar-refractivity contribution is -0.134. The average Bonchev–Trinajstić information content (AvgIpc) is 2.85. The quantitative estimate of drug-likeness (QED) is 0.697. The van der Waals surface area contributed by atoms with Crippen molar-refractivity contribution in [3.63, 3.8) is 0 Å². The number of carboxylic acid groups (broad SMARTS) is 1. The predicted molar refractivity (Wildman–Crippen MR) is 97.9 cm³/mol. The minimum Gasteiger partial charge on any atom is -0.481 e. The first-order chi connectivity index (χ1) is 11.8. The van der Waals surface area contributed by atoms with E-state index in [2.05, 4.69) is 0 Å².